The van der Waals surface area contributed by atoms with Crippen molar-refractivity contribution in [3.8, 4) is 6.07 Å². The minimum Gasteiger partial charge on any atom is -0.298 e. The van der Waals surface area contributed by atoms with Gasteiger partial charge in [0.05, 0.1) is 6.07 Å². The van der Waals surface area contributed by atoms with Gasteiger partial charge in [-0.25, -0.2) is 4.98 Å². The van der Waals surface area contributed by atoms with Crippen molar-refractivity contribution in [2.45, 2.75) is 30.1 Å². The van der Waals surface area contributed by atoms with E-state index >= 15 is 0 Å². The second-order valence-electron chi connectivity index (χ2n) is 3.22. The Balaban J connectivity index is 1.74. The zero-order valence-corrected chi connectivity index (χ0v) is 8.42. The van der Waals surface area contributed by atoms with Crippen LogP contribution in [0.15, 0.2) is 11.5 Å². The molecule has 1 aromatic rings. The maximum atomic E-state index is 8.86. The Bertz CT molecular complexity index is 313. The number of aromatic amines is 1. The number of nitrogens with one attached hydrogen (secondary N) is 2. The van der Waals surface area contributed by atoms with Gasteiger partial charge in [-0.1, -0.05) is 11.8 Å². The van der Waals surface area contributed by atoms with Gasteiger partial charge in [0, 0.05) is 11.8 Å². The van der Waals surface area contributed by atoms with Gasteiger partial charge in [0.15, 0.2) is 5.16 Å². The lowest BCUT2D eigenvalue weighted by Gasteiger charge is -2.08. The van der Waals surface area contributed by atoms with E-state index in [0.29, 0.717) is 11.8 Å². The first kappa shape index (κ1) is 9.49. The summed E-state index contributed by atoms with van der Waals surface area (Å²) in [4.78, 5) is 3.98. The number of aromatic nitrogens is 3. The number of hydrogen-bond donors (Lipinski definition) is 2. The standard InChI is InChI=1S/C8H11N5S/c9-3-7(12-6-1-2-6)4-14-8-10-5-11-13-8/h5-7,12H,1-2,4H2,(H,10,11,13). The van der Waals surface area contributed by atoms with Crippen LogP contribution in [0, 0.1) is 11.3 Å². The van der Waals surface area contributed by atoms with Gasteiger partial charge in [-0.15, -0.1) is 0 Å². The van der Waals surface area contributed by atoms with Crippen LogP contribution in [0.2, 0.25) is 0 Å². The van der Waals surface area contributed by atoms with Crippen molar-refractivity contribution >= 4 is 11.8 Å². The number of nitriles is 1. The molecule has 14 heavy (non-hydrogen) atoms. The Morgan fingerprint density at radius 1 is 1.79 bits per heavy atom. The van der Waals surface area contributed by atoms with Gasteiger partial charge in [0.1, 0.15) is 12.4 Å². The first-order chi connectivity index (χ1) is 6.88. The quantitative estimate of drug-likeness (QED) is 0.692. The van der Waals surface area contributed by atoms with E-state index in [1.807, 2.05) is 0 Å². The minimum absolute atomic E-state index is 0.0856. The summed E-state index contributed by atoms with van der Waals surface area (Å²) in [5.74, 6) is 0.711. The predicted octanol–water partition coefficient (Wildman–Crippen LogP) is 0.541. The number of rotatable bonds is 5. The van der Waals surface area contributed by atoms with Crippen molar-refractivity contribution in [1.82, 2.24) is 20.5 Å². The van der Waals surface area contributed by atoms with Crippen LogP contribution >= 0.6 is 11.8 Å². The predicted molar refractivity (Wildman–Crippen MR) is 52.7 cm³/mol. The van der Waals surface area contributed by atoms with Crippen LogP contribution in [-0.4, -0.2) is 33.0 Å². The fourth-order valence-corrected chi connectivity index (χ4v) is 1.82. The van der Waals surface area contributed by atoms with E-state index in [-0.39, 0.29) is 6.04 Å². The molecule has 0 aliphatic heterocycles. The number of nitrogens with zero attached hydrogens (tertiary/aromatic N) is 3. The second-order valence-corrected chi connectivity index (χ2v) is 4.23. The van der Waals surface area contributed by atoms with E-state index in [0.717, 1.165) is 5.16 Å². The zero-order valence-electron chi connectivity index (χ0n) is 7.60. The monoisotopic (exact) mass is 209 g/mol. The third kappa shape index (κ3) is 2.72. The maximum absolute atomic E-state index is 8.86. The van der Waals surface area contributed by atoms with Crippen molar-refractivity contribution < 1.29 is 0 Å². The summed E-state index contributed by atoms with van der Waals surface area (Å²) in [6.45, 7) is 0. The molecule has 0 amide bonds. The summed E-state index contributed by atoms with van der Waals surface area (Å²) in [6, 6.07) is 2.72. The van der Waals surface area contributed by atoms with Crippen molar-refractivity contribution in [1.29, 1.82) is 5.26 Å². The molecule has 1 atom stereocenters. The van der Waals surface area contributed by atoms with Crippen molar-refractivity contribution in [2.75, 3.05) is 5.75 Å². The molecule has 1 heterocycles. The molecule has 0 aromatic carbocycles. The third-order valence-electron chi connectivity index (χ3n) is 1.95. The number of thioether (sulfide) groups is 1. The van der Waals surface area contributed by atoms with Crippen LogP contribution in [0.3, 0.4) is 0 Å². The molecule has 6 heteroatoms. The Kier molecular flexibility index (Phi) is 3.01. The highest BCUT2D eigenvalue weighted by Gasteiger charge is 2.24. The van der Waals surface area contributed by atoms with E-state index in [2.05, 4.69) is 26.6 Å². The molecule has 74 valence electrons. The van der Waals surface area contributed by atoms with Gasteiger partial charge >= 0.3 is 0 Å². The smallest absolute Gasteiger partial charge is 0.183 e. The van der Waals surface area contributed by atoms with Crippen LogP contribution in [0.25, 0.3) is 0 Å². The van der Waals surface area contributed by atoms with Crippen LogP contribution in [0.1, 0.15) is 12.8 Å². The lowest BCUT2D eigenvalue weighted by Crippen LogP contribution is -2.31. The molecule has 0 radical (unpaired) electrons. The number of H-pyrrole nitrogens is 1. The highest BCUT2D eigenvalue weighted by atomic mass is 32.2. The molecule has 1 unspecified atom stereocenters. The SMILES string of the molecule is N#CC(CSc1ncn[nH]1)NC1CC1. The lowest BCUT2D eigenvalue weighted by molar-refractivity contribution is 0.643. The van der Waals surface area contributed by atoms with Crippen molar-refractivity contribution in [3.05, 3.63) is 6.33 Å². The molecular formula is C8H11N5S. The highest BCUT2D eigenvalue weighted by molar-refractivity contribution is 7.99. The molecular weight excluding hydrogens is 198 g/mol. The Hall–Kier alpha value is -1.06. The van der Waals surface area contributed by atoms with Crippen molar-refractivity contribution in [2.24, 2.45) is 0 Å². The van der Waals surface area contributed by atoms with Crippen LogP contribution in [-0.2, 0) is 0 Å². The van der Waals surface area contributed by atoms with E-state index in [4.69, 9.17) is 5.26 Å². The topological polar surface area (TPSA) is 77.4 Å². The molecule has 0 bridgehead atoms. The first-order valence-corrected chi connectivity index (χ1v) is 5.51. The Morgan fingerprint density at radius 2 is 2.64 bits per heavy atom. The van der Waals surface area contributed by atoms with Gasteiger partial charge in [-0.05, 0) is 12.8 Å². The second kappa shape index (κ2) is 4.44. The van der Waals surface area contributed by atoms with Gasteiger partial charge in [0.2, 0.25) is 0 Å². The average Bonchev–Trinajstić information content (AvgIpc) is 2.86. The molecule has 0 spiro atoms. The summed E-state index contributed by atoms with van der Waals surface area (Å²) in [6.07, 6.45) is 3.87. The van der Waals surface area contributed by atoms with E-state index < -0.39 is 0 Å². The van der Waals surface area contributed by atoms with E-state index in [1.54, 1.807) is 0 Å². The minimum atomic E-state index is -0.0856. The first-order valence-electron chi connectivity index (χ1n) is 4.52. The molecule has 2 N–H and O–H groups in total. The molecule has 1 aliphatic rings. The lowest BCUT2D eigenvalue weighted by atomic mass is 10.4. The van der Waals surface area contributed by atoms with E-state index in [1.165, 1.54) is 30.9 Å². The summed E-state index contributed by atoms with van der Waals surface area (Å²) < 4.78 is 0. The van der Waals surface area contributed by atoms with Gasteiger partial charge in [-0.2, -0.15) is 10.4 Å². The average molecular weight is 209 g/mol. The number of hydrogen-bond acceptors (Lipinski definition) is 5. The Labute approximate surface area is 86.3 Å². The van der Waals surface area contributed by atoms with Crippen LogP contribution < -0.4 is 5.32 Å². The molecule has 1 aliphatic carbocycles. The summed E-state index contributed by atoms with van der Waals surface area (Å²) >= 11 is 1.52. The summed E-state index contributed by atoms with van der Waals surface area (Å²) in [7, 11) is 0. The maximum Gasteiger partial charge on any atom is 0.183 e. The third-order valence-corrected chi connectivity index (χ3v) is 2.92. The molecule has 2 rings (SSSR count). The van der Waals surface area contributed by atoms with Gasteiger partial charge < -0.3 is 0 Å². The summed E-state index contributed by atoms with van der Waals surface area (Å²) in [5, 5.41) is 19.4. The van der Waals surface area contributed by atoms with E-state index in [9.17, 15) is 0 Å². The highest BCUT2D eigenvalue weighted by Crippen LogP contribution is 2.20. The normalized spacial score (nSPS) is 17.6. The van der Waals surface area contributed by atoms with Gasteiger partial charge in [-0.3, -0.25) is 10.4 Å². The molecule has 1 saturated carbocycles. The van der Waals surface area contributed by atoms with Gasteiger partial charge in [0.25, 0.3) is 0 Å². The molecule has 0 saturated heterocycles. The fourth-order valence-electron chi connectivity index (χ4n) is 1.08. The zero-order chi connectivity index (χ0) is 9.80. The largest absolute Gasteiger partial charge is 0.298 e. The van der Waals surface area contributed by atoms with Crippen LogP contribution in [0.4, 0.5) is 0 Å². The molecule has 1 fully saturated rings. The van der Waals surface area contributed by atoms with Crippen molar-refractivity contribution in [3.63, 3.8) is 0 Å². The fraction of sp³-hybridized carbons (Fsp3) is 0.625. The molecule has 1 aromatic heterocycles. The van der Waals surface area contributed by atoms with Crippen LogP contribution in [0.5, 0.6) is 0 Å². The Morgan fingerprint density at radius 3 is 3.21 bits per heavy atom. The summed E-state index contributed by atoms with van der Waals surface area (Å²) in [5.41, 5.74) is 0. The molecule has 5 nitrogen and oxygen atoms in total.